The molecule has 2 N–H and O–H groups in total. The zero-order valence-electron chi connectivity index (χ0n) is 6.19. The van der Waals surface area contributed by atoms with Gasteiger partial charge in [0.25, 0.3) is 0 Å². The van der Waals surface area contributed by atoms with E-state index in [1.165, 1.54) is 6.08 Å². The van der Waals surface area contributed by atoms with Crippen LogP contribution in [-0.4, -0.2) is 5.71 Å². The fourth-order valence-corrected chi connectivity index (χ4v) is 0.297. The number of rotatable bonds is 2. The first-order chi connectivity index (χ1) is 4.57. The molecule has 56 valence electrons. The van der Waals surface area contributed by atoms with E-state index in [2.05, 4.69) is 11.6 Å². The Morgan fingerprint density at radius 1 is 1.70 bits per heavy atom. The molecule has 0 aromatic heterocycles. The monoisotopic (exact) mass is 142 g/mol. The van der Waals surface area contributed by atoms with Gasteiger partial charge in [-0.15, -0.1) is 0 Å². The van der Waals surface area contributed by atoms with Gasteiger partial charge in [-0.2, -0.15) is 4.39 Å². The van der Waals surface area contributed by atoms with Crippen molar-refractivity contribution in [1.82, 2.24) is 0 Å². The molecule has 0 unspecified atom stereocenters. The molecule has 0 spiro atoms. The highest BCUT2D eigenvalue weighted by Crippen LogP contribution is 1.99. The quantitative estimate of drug-likeness (QED) is 0.463. The molecule has 0 saturated heterocycles. The van der Waals surface area contributed by atoms with Crippen LogP contribution in [0.4, 0.5) is 4.39 Å². The number of hydrogen-bond donors (Lipinski definition) is 1. The minimum absolute atomic E-state index is 0.289. The Morgan fingerprint density at radius 2 is 2.20 bits per heavy atom. The lowest BCUT2D eigenvalue weighted by Crippen LogP contribution is -2.05. The summed E-state index contributed by atoms with van der Waals surface area (Å²) in [5.41, 5.74) is 5.92. The van der Waals surface area contributed by atoms with Gasteiger partial charge in [-0.1, -0.05) is 6.58 Å². The van der Waals surface area contributed by atoms with Crippen molar-refractivity contribution in [2.75, 3.05) is 0 Å². The molecule has 0 bridgehead atoms. The van der Waals surface area contributed by atoms with Crippen LogP contribution in [0.15, 0.2) is 29.3 Å². The zero-order valence-corrected chi connectivity index (χ0v) is 6.19. The van der Waals surface area contributed by atoms with Crippen molar-refractivity contribution < 1.29 is 4.39 Å². The summed E-state index contributed by atoms with van der Waals surface area (Å²) in [5.74, 6) is -0.538. The number of hydrogen-bond acceptors (Lipinski definition) is 2. The van der Waals surface area contributed by atoms with Crippen molar-refractivity contribution in [3.63, 3.8) is 0 Å². The van der Waals surface area contributed by atoms with E-state index in [-0.39, 0.29) is 5.70 Å². The largest absolute Gasteiger partial charge is 0.398 e. The van der Waals surface area contributed by atoms with Crippen LogP contribution >= 0.6 is 0 Å². The molecule has 0 radical (unpaired) electrons. The molecule has 0 aliphatic carbocycles. The zero-order chi connectivity index (χ0) is 8.15. The third kappa shape index (κ3) is 3.02. The van der Waals surface area contributed by atoms with E-state index in [9.17, 15) is 4.39 Å². The second kappa shape index (κ2) is 3.82. The Labute approximate surface area is 60.0 Å². The Balaban J connectivity index is 4.31. The van der Waals surface area contributed by atoms with Crippen LogP contribution in [-0.2, 0) is 0 Å². The van der Waals surface area contributed by atoms with Crippen LogP contribution in [0.2, 0.25) is 0 Å². The van der Waals surface area contributed by atoms with Gasteiger partial charge in [-0.25, -0.2) is 4.99 Å². The van der Waals surface area contributed by atoms with Crippen molar-refractivity contribution in [3.05, 3.63) is 24.3 Å². The summed E-state index contributed by atoms with van der Waals surface area (Å²) in [4.78, 5) is 3.48. The summed E-state index contributed by atoms with van der Waals surface area (Å²) in [6.45, 7) is 6.56. The average molecular weight is 142 g/mol. The predicted octanol–water partition coefficient (Wildman–Crippen LogP) is 1.75. The highest BCUT2D eigenvalue weighted by molar-refractivity contribution is 5.97. The molecule has 0 atom stereocenters. The molecular weight excluding hydrogens is 131 g/mol. The number of aliphatic imine (C=N–C) groups is 1. The smallest absolute Gasteiger partial charge is 0.208 e. The SMILES string of the molecule is C=C(N)/C(C)=N\C(F)=C/C. The fourth-order valence-electron chi connectivity index (χ4n) is 0.297. The lowest BCUT2D eigenvalue weighted by molar-refractivity contribution is 0.626. The normalized spacial score (nSPS) is 13.5. The summed E-state index contributed by atoms with van der Waals surface area (Å²) < 4.78 is 12.3. The van der Waals surface area contributed by atoms with Gasteiger partial charge in [0.05, 0.1) is 5.71 Å². The highest BCUT2D eigenvalue weighted by Gasteiger charge is 1.92. The Morgan fingerprint density at radius 3 is 2.50 bits per heavy atom. The Kier molecular flexibility index (Phi) is 3.39. The molecule has 0 rings (SSSR count). The molecule has 10 heavy (non-hydrogen) atoms. The molecule has 0 heterocycles. The van der Waals surface area contributed by atoms with Crippen LogP contribution in [0.1, 0.15) is 13.8 Å². The first-order valence-electron chi connectivity index (χ1n) is 2.89. The van der Waals surface area contributed by atoms with E-state index < -0.39 is 5.95 Å². The van der Waals surface area contributed by atoms with Gasteiger partial charge in [0, 0.05) is 5.70 Å². The summed E-state index contributed by atoms with van der Waals surface area (Å²) in [6.07, 6.45) is 1.26. The minimum atomic E-state index is -0.538. The van der Waals surface area contributed by atoms with Gasteiger partial charge in [0.15, 0.2) is 0 Å². The number of allylic oxidation sites excluding steroid dienone is 2. The second-order valence-electron chi connectivity index (χ2n) is 1.83. The maximum Gasteiger partial charge on any atom is 0.208 e. The molecule has 3 heteroatoms. The number of halogens is 1. The van der Waals surface area contributed by atoms with Crippen LogP contribution in [0.3, 0.4) is 0 Å². The van der Waals surface area contributed by atoms with Crippen LogP contribution < -0.4 is 5.73 Å². The van der Waals surface area contributed by atoms with E-state index in [1.807, 2.05) is 0 Å². The summed E-state index contributed by atoms with van der Waals surface area (Å²) in [7, 11) is 0. The van der Waals surface area contributed by atoms with E-state index in [1.54, 1.807) is 13.8 Å². The minimum Gasteiger partial charge on any atom is -0.398 e. The van der Waals surface area contributed by atoms with E-state index in [0.29, 0.717) is 5.71 Å². The average Bonchev–Trinajstić information content (AvgIpc) is 1.87. The summed E-state index contributed by atoms with van der Waals surface area (Å²) in [5, 5.41) is 0. The molecule has 2 nitrogen and oxygen atoms in total. The molecule has 0 amide bonds. The van der Waals surface area contributed by atoms with Crippen LogP contribution in [0.25, 0.3) is 0 Å². The van der Waals surface area contributed by atoms with Crippen molar-refractivity contribution in [3.8, 4) is 0 Å². The van der Waals surface area contributed by atoms with E-state index >= 15 is 0 Å². The molecule has 0 aromatic carbocycles. The molecule has 0 aliphatic rings. The van der Waals surface area contributed by atoms with Gasteiger partial charge < -0.3 is 5.73 Å². The first kappa shape index (κ1) is 8.88. The molecule has 0 aromatic rings. The van der Waals surface area contributed by atoms with Crippen LogP contribution in [0.5, 0.6) is 0 Å². The van der Waals surface area contributed by atoms with E-state index in [4.69, 9.17) is 5.73 Å². The highest BCUT2D eigenvalue weighted by atomic mass is 19.1. The lowest BCUT2D eigenvalue weighted by atomic mass is 10.3. The third-order valence-corrected chi connectivity index (χ3v) is 0.977. The van der Waals surface area contributed by atoms with Crippen molar-refractivity contribution in [2.24, 2.45) is 10.7 Å². The fraction of sp³-hybridized carbons (Fsp3) is 0.286. The molecular formula is C7H11FN2. The topological polar surface area (TPSA) is 38.4 Å². The second-order valence-corrected chi connectivity index (χ2v) is 1.83. The lowest BCUT2D eigenvalue weighted by Gasteiger charge is -1.94. The maximum atomic E-state index is 12.3. The number of nitrogens with two attached hydrogens (primary N) is 1. The van der Waals surface area contributed by atoms with Crippen molar-refractivity contribution in [2.45, 2.75) is 13.8 Å². The van der Waals surface area contributed by atoms with E-state index in [0.717, 1.165) is 0 Å². The summed E-state index contributed by atoms with van der Waals surface area (Å²) >= 11 is 0. The number of nitrogens with zero attached hydrogens (tertiary/aromatic N) is 1. The molecule has 0 fully saturated rings. The molecule has 0 aliphatic heterocycles. The standard InChI is InChI=1S/C7H11FN2/c1-4-7(8)10-6(3)5(2)9/h4H,2,9H2,1,3H3/b7-4-,10-6-. The molecule has 0 saturated carbocycles. The van der Waals surface area contributed by atoms with Gasteiger partial charge >= 0.3 is 0 Å². The van der Waals surface area contributed by atoms with Gasteiger partial charge in [0.2, 0.25) is 5.95 Å². The van der Waals surface area contributed by atoms with Gasteiger partial charge in [-0.05, 0) is 19.9 Å². The first-order valence-corrected chi connectivity index (χ1v) is 2.89. The Hall–Kier alpha value is -1.12. The maximum absolute atomic E-state index is 12.3. The summed E-state index contributed by atoms with van der Waals surface area (Å²) in [6, 6.07) is 0. The predicted molar refractivity (Wildman–Crippen MR) is 41.3 cm³/mol. The van der Waals surface area contributed by atoms with Gasteiger partial charge in [-0.3, -0.25) is 0 Å². The third-order valence-electron chi connectivity index (χ3n) is 0.977. The van der Waals surface area contributed by atoms with Crippen LogP contribution in [0, 0.1) is 0 Å². The van der Waals surface area contributed by atoms with Crippen molar-refractivity contribution in [1.29, 1.82) is 0 Å². The Bertz CT molecular complexity index is 192. The van der Waals surface area contributed by atoms with Gasteiger partial charge in [0.1, 0.15) is 0 Å². The van der Waals surface area contributed by atoms with Crippen molar-refractivity contribution >= 4 is 5.71 Å².